The van der Waals surface area contributed by atoms with Crippen molar-refractivity contribution in [2.75, 3.05) is 7.11 Å². The molecule has 102 valence electrons. The highest BCUT2D eigenvalue weighted by molar-refractivity contribution is 7.13. The number of aromatic nitrogens is 4. The number of nitrogens with zero attached hydrogens (tertiary/aromatic N) is 4. The average Bonchev–Trinajstić information content (AvgIpc) is 3.05. The van der Waals surface area contributed by atoms with Gasteiger partial charge in [0.2, 0.25) is 0 Å². The fourth-order valence-electron chi connectivity index (χ4n) is 1.61. The van der Waals surface area contributed by atoms with Gasteiger partial charge in [0.05, 0.1) is 12.0 Å². The van der Waals surface area contributed by atoms with Crippen LogP contribution < -0.4 is 4.74 Å². The van der Waals surface area contributed by atoms with Gasteiger partial charge >= 0.3 is 5.97 Å². The molecule has 0 saturated carbocycles. The molecule has 0 radical (unpaired) electrons. The smallest absolute Gasteiger partial charge is 0.331 e. The fourth-order valence-corrected chi connectivity index (χ4v) is 2.43. The van der Waals surface area contributed by atoms with Crippen molar-refractivity contribution < 1.29 is 14.6 Å². The van der Waals surface area contributed by atoms with Crippen LogP contribution in [0.5, 0.6) is 5.75 Å². The molecule has 0 aromatic carbocycles. The van der Waals surface area contributed by atoms with Gasteiger partial charge in [0.25, 0.3) is 0 Å². The first-order valence-electron chi connectivity index (χ1n) is 5.68. The highest BCUT2D eigenvalue weighted by atomic mass is 32.1. The van der Waals surface area contributed by atoms with E-state index < -0.39 is 11.5 Å². The highest BCUT2D eigenvalue weighted by Gasteiger charge is 2.37. The van der Waals surface area contributed by atoms with Crippen molar-refractivity contribution in [3.8, 4) is 16.5 Å². The minimum absolute atomic E-state index is 0.378. The van der Waals surface area contributed by atoms with E-state index in [2.05, 4.69) is 15.5 Å². The number of carboxylic acid groups (broad SMARTS) is 1. The molecule has 2 rings (SSSR count). The molecule has 19 heavy (non-hydrogen) atoms. The molecule has 2 aromatic heterocycles. The van der Waals surface area contributed by atoms with Crippen molar-refractivity contribution in [1.29, 1.82) is 0 Å². The largest absolute Gasteiger partial charge is 0.496 e. The highest BCUT2D eigenvalue weighted by Crippen LogP contribution is 2.32. The Bertz CT molecular complexity index is 594. The van der Waals surface area contributed by atoms with Crippen molar-refractivity contribution in [2.45, 2.75) is 25.8 Å². The molecular formula is C11H14N4O3S. The van der Waals surface area contributed by atoms with Gasteiger partial charge in [-0.25, -0.2) is 9.48 Å². The number of carbonyl (C=O) groups is 1. The third-order valence-electron chi connectivity index (χ3n) is 3.12. The van der Waals surface area contributed by atoms with E-state index in [-0.39, 0.29) is 0 Å². The van der Waals surface area contributed by atoms with E-state index in [0.29, 0.717) is 18.0 Å². The van der Waals surface area contributed by atoms with E-state index in [0.717, 1.165) is 4.88 Å². The third-order valence-corrected chi connectivity index (χ3v) is 4.02. The number of ether oxygens (including phenoxy) is 1. The summed E-state index contributed by atoms with van der Waals surface area (Å²) in [4.78, 5) is 12.2. The molecule has 0 saturated heterocycles. The van der Waals surface area contributed by atoms with Crippen LogP contribution in [0.4, 0.5) is 0 Å². The summed E-state index contributed by atoms with van der Waals surface area (Å²) in [5.41, 5.74) is -1.17. The maximum Gasteiger partial charge on any atom is 0.331 e. The van der Waals surface area contributed by atoms with Gasteiger partial charge in [0.1, 0.15) is 5.75 Å². The zero-order valence-corrected chi connectivity index (χ0v) is 11.6. The van der Waals surface area contributed by atoms with Gasteiger partial charge in [0.15, 0.2) is 11.4 Å². The van der Waals surface area contributed by atoms with Crippen LogP contribution in [0.2, 0.25) is 0 Å². The first-order valence-corrected chi connectivity index (χ1v) is 6.56. The minimum atomic E-state index is -1.17. The number of thiophene rings is 1. The van der Waals surface area contributed by atoms with Gasteiger partial charge in [-0.05, 0) is 23.8 Å². The molecule has 0 aliphatic carbocycles. The average molecular weight is 282 g/mol. The summed E-state index contributed by atoms with van der Waals surface area (Å²) in [5.74, 6) is 0.162. The topological polar surface area (TPSA) is 90.1 Å². The van der Waals surface area contributed by atoms with Crippen molar-refractivity contribution in [2.24, 2.45) is 0 Å². The number of tetrazole rings is 1. The summed E-state index contributed by atoms with van der Waals surface area (Å²) in [7, 11) is 1.57. The van der Waals surface area contributed by atoms with Crippen LogP contribution in [0.1, 0.15) is 20.3 Å². The lowest BCUT2D eigenvalue weighted by atomic mass is 9.99. The van der Waals surface area contributed by atoms with Gasteiger partial charge in [-0.15, -0.1) is 16.4 Å². The Morgan fingerprint density at radius 2 is 2.37 bits per heavy atom. The molecule has 1 unspecified atom stereocenters. The molecule has 0 bridgehead atoms. The first-order chi connectivity index (χ1) is 9.02. The van der Waals surface area contributed by atoms with Gasteiger partial charge in [0, 0.05) is 11.4 Å². The van der Waals surface area contributed by atoms with Crippen LogP contribution in [0.3, 0.4) is 0 Å². The quantitative estimate of drug-likeness (QED) is 0.896. The maximum atomic E-state index is 11.5. The molecule has 1 N–H and O–H groups in total. The number of hydrogen-bond donors (Lipinski definition) is 1. The van der Waals surface area contributed by atoms with Crippen LogP contribution in [-0.4, -0.2) is 38.4 Å². The van der Waals surface area contributed by atoms with E-state index in [1.807, 2.05) is 5.38 Å². The Hall–Kier alpha value is -1.96. The molecule has 2 aromatic rings. The van der Waals surface area contributed by atoms with Gasteiger partial charge in [-0.3, -0.25) is 0 Å². The molecule has 0 aliphatic rings. The number of carboxylic acids is 1. The van der Waals surface area contributed by atoms with Crippen molar-refractivity contribution in [3.05, 3.63) is 11.4 Å². The summed E-state index contributed by atoms with van der Waals surface area (Å²) in [6.45, 7) is 3.38. The third kappa shape index (κ3) is 2.19. The van der Waals surface area contributed by atoms with Crippen molar-refractivity contribution >= 4 is 17.3 Å². The molecular weight excluding hydrogens is 268 g/mol. The lowest BCUT2D eigenvalue weighted by Crippen LogP contribution is -2.39. The van der Waals surface area contributed by atoms with Gasteiger partial charge in [-0.1, -0.05) is 6.92 Å². The SMILES string of the molecule is CCC(C)(C(=O)O)n1nnnc1-c1cc(OC)cs1. The number of methoxy groups -OCH3 is 1. The molecule has 7 nitrogen and oxygen atoms in total. The van der Waals surface area contributed by atoms with E-state index in [1.165, 1.54) is 16.0 Å². The van der Waals surface area contributed by atoms with E-state index >= 15 is 0 Å². The van der Waals surface area contributed by atoms with E-state index in [1.54, 1.807) is 27.0 Å². The Morgan fingerprint density at radius 3 is 2.89 bits per heavy atom. The Morgan fingerprint density at radius 1 is 1.63 bits per heavy atom. The zero-order valence-electron chi connectivity index (χ0n) is 10.8. The molecule has 8 heteroatoms. The number of hydrogen-bond acceptors (Lipinski definition) is 6. The lowest BCUT2D eigenvalue weighted by molar-refractivity contribution is -0.147. The van der Waals surface area contributed by atoms with Gasteiger partial charge < -0.3 is 9.84 Å². The molecule has 0 spiro atoms. The summed E-state index contributed by atoms with van der Waals surface area (Å²) in [5, 5.41) is 22.6. The first kappa shape index (κ1) is 13.5. The number of aliphatic carboxylic acids is 1. The second kappa shape index (κ2) is 4.96. The lowest BCUT2D eigenvalue weighted by Gasteiger charge is -2.23. The number of rotatable bonds is 5. The summed E-state index contributed by atoms with van der Waals surface area (Å²) < 4.78 is 6.46. The molecule has 2 heterocycles. The second-order valence-electron chi connectivity index (χ2n) is 4.20. The molecule has 0 amide bonds. The molecule has 0 aliphatic heterocycles. The Labute approximate surface area is 113 Å². The zero-order chi connectivity index (χ0) is 14.0. The summed E-state index contributed by atoms with van der Waals surface area (Å²) in [6.07, 6.45) is 0.378. The van der Waals surface area contributed by atoms with Crippen LogP contribution in [-0.2, 0) is 10.3 Å². The van der Waals surface area contributed by atoms with Crippen molar-refractivity contribution in [1.82, 2.24) is 20.2 Å². The van der Waals surface area contributed by atoms with E-state index in [4.69, 9.17) is 4.74 Å². The predicted octanol–water partition coefficient (Wildman–Crippen LogP) is 1.62. The normalized spacial score (nSPS) is 14.1. The molecule has 1 atom stereocenters. The van der Waals surface area contributed by atoms with Crippen molar-refractivity contribution in [3.63, 3.8) is 0 Å². The van der Waals surface area contributed by atoms with Gasteiger partial charge in [-0.2, -0.15) is 0 Å². The maximum absolute atomic E-state index is 11.5. The Kier molecular flexibility index (Phi) is 3.52. The predicted molar refractivity (Wildman–Crippen MR) is 69.3 cm³/mol. The van der Waals surface area contributed by atoms with Crippen LogP contribution in [0.25, 0.3) is 10.7 Å². The standard InChI is InChI=1S/C11H14N4O3S/c1-4-11(2,10(16)17)15-9(12-13-14-15)8-5-7(18-3)6-19-8/h5-6H,4H2,1-3H3,(H,16,17). The Balaban J connectivity index is 2.50. The van der Waals surface area contributed by atoms with E-state index in [9.17, 15) is 9.90 Å². The molecule has 0 fully saturated rings. The second-order valence-corrected chi connectivity index (χ2v) is 5.11. The van der Waals surface area contributed by atoms with Crippen LogP contribution in [0, 0.1) is 0 Å². The van der Waals surface area contributed by atoms with Crippen LogP contribution >= 0.6 is 11.3 Å². The fraction of sp³-hybridized carbons (Fsp3) is 0.455. The summed E-state index contributed by atoms with van der Waals surface area (Å²) >= 11 is 1.40. The monoisotopic (exact) mass is 282 g/mol. The summed E-state index contributed by atoms with van der Waals surface area (Å²) in [6, 6.07) is 1.78. The minimum Gasteiger partial charge on any atom is -0.496 e. The van der Waals surface area contributed by atoms with Crippen LogP contribution in [0.15, 0.2) is 11.4 Å².